The normalized spacial score (nSPS) is 10.3. The van der Waals surface area contributed by atoms with Gasteiger partial charge < -0.3 is 15.2 Å². The van der Waals surface area contributed by atoms with Crippen molar-refractivity contribution in [3.05, 3.63) is 47.8 Å². The van der Waals surface area contributed by atoms with E-state index in [0.717, 1.165) is 34.7 Å². The van der Waals surface area contributed by atoms with E-state index in [4.69, 9.17) is 15.2 Å². The summed E-state index contributed by atoms with van der Waals surface area (Å²) < 4.78 is 11.2. The highest BCUT2D eigenvalue weighted by Gasteiger charge is 2.08. The van der Waals surface area contributed by atoms with Gasteiger partial charge in [-0.15, -0.1) is 0 Å². The first-order valence-electron chi connectivity index (χ1n) is 6.81. The van der Waals surface area contributed by atoms with Crippen LogP contribution < -0.4 is 15.2 Å². The molecule has 1 heterocycles. The zero-order chi connectivity index (χ0) is 14.4. The van der Waals surface area contributed by atoms with Crippen molar-refractivity contribution >= 4 is 5.69 Å². The number of hydrogen-bond acceptors (Lipinski definition) is 4. The van der Waals surface area contributed by atoms with Crippen molar-refractivity contribution in [2.24, 2.45) is 0 Å². The standard InChI is InChI=1S/C16H20N2O2/c1-3-19-15-6-5-12(10-16(15)20-4-2)9-13-11-18-8-7-14(13)17/h5-8,10-11H,3-4,9H2,1-2H3,(H2,17,18). The Morgan fingerprint density at radius 2 is 1.80 bits per heavy atom. The van der Waals surface area contributed by atoms with E-state index in [9.17, 15) is 0 Å². The fourth-order valence-electron chi connectivity index (χ4n) is 2.01. The average Bonchev–Trinajstić information content (AvgIpc) is 2.45. The van der Waals surface area contributed by atoms with Gasteiger partial charge in [0.25, 0.3) is 0 Å². The number of ether oxygens (including phenoxy) is 2. The Morgan fingerprint density at radius 1 is 1.05 bits per heavy atom. The van der Waals surface area contributed by atoms with Crippen LogP contribution in [-0.2, 0) is 6.42 Å². The fourth-order valence-corrected chi connectivity index (χ4v) is 2.01. The molecule has 0 bridgehead atoms. The molecule has 0 aliphatic carbocycles. The number of hydrogen-bond donors (Lipinski definition) is 1. The molecule has 1 aromatic heterocycles. The summed E-state index contributed by atoms with van der Waals surface area (Å²) in [5.74, 6) is 1.55. The van der Waals surface area contributed by atoms with Crippen molar-refractivity contribution in [2.45, 2.75) is 20.3 Å². The SMILES string of the molecule is CCOc1ccc(Cc2cnccc2N)cc1OCC. The van der Waals surface area contributed by atoms with Gasteiger partial charge in [-0.25, -0.2) is 0 Å². The van der Waals surface area contributed by atoms with Crippen molar-refractivity contribution in [1.82, 2.24) is 4.98 Å². The number of nitrogen functional groups attached to an aromatic ring is 1. The number of benzene rings is 1. The molecule has 0 aliphatic rings. The zero-order valence-corrected chi connectivity index (χ0v) is 11.9. The second-order valence-electron chi connectivity index (χ2n) is 4.40. The third kappa shape index (κ3) is 3.41. The summed E-state index contributed by atoms with van der Waals surface area (Å²) >= 11 is 0. The largest absolute Gasteiger partial charge is 0.490 e. The summed E-state index contributed by atoms with van der Waals surface area (Å²) in [6.45, 7) is 5.15. The Balaban J connectivity index is 2.24. The third-order valence-corrected chi connectivity index (χ3v) is 2.94. The van der Waals surface area contributed by atoms with E-state index in [-0.39, 0.29) is 0 Å². The van der Waals surface area contributed by atoms with Gasteiger partial charge in [0, 0.05) is 24.5 Å². The molecular weight excluding hydrogens is 252 g/mol. The second-order valence-corrected chi connectivity index (χ2v) is 4.40. The molecule has 1 aromatic carbocycles. The quantitative estimate of drug-likeness (QED) is 0.878. The summed E-state index contributed by atoms with van der Waals surface area (Å²) in [4.78, 5) is 4.11. The molecular formula is C16H20N2O2. The highest BCUT2D eigenvalue weighted by Crippen LogP contribution is 2.29. The molecule has 0 saturated heterocycles. The first-order chi connectivity index (χ1) is 9.74. The maximum Gasteiger partial charge on any atom is 0.161 e. The van der Waals surface area contributed by atoms with Crippen LogP contribution in [-0.4, -0.2) is 18.2 Å². The second kappa shape index (κ2) is 6.80. The topological polar surface area (TPSA) is 57.4 Å². The van der Waals surface area contributed by atoms with Crippen molar-refractivity contribution < 1.29 is 9.47 Å². The van der Waals surface area contributed by atoms with Gasteiger partial charge in [0.15, 0.2) is 11.5 Å². The number of nitrogens with zero attached hydrogens (tertiary/aromatic N) is 1. The molecule has 0 spiro atoms. The minimum Gasteiger partial charge on any atom is -0.490 e. The Bertz CT molecular complexity index is 570. The van der Waals surface area contributed by atoms with Gasteiger partial charge in [0.2, 0.25) is 0 Å². The monoisotopic (exact) mass is 272 g/mol. The van der Waals surface area contributed by atoms with E-state index in [1.807, 2.05) is 38.1 Å². The summed E-state index contributed by atoms with van der Waals surface area (Å²) in [5.41, 5.74) is 8.84. The summed E-state index contributed by atoms with van der Waals surface area (Å²) in [6, 6.07) is 7.78. The highest BCUT2D eigenvalue weighted by molar-refractivity contribution is 5.49. The lowest BCUT2D eigenvalue weighted by atomic mass is 10.0. The molecule has 4 heteroatoms. The van der Waals surface area contributed by atoms with Crippen LogP contribution in [0.4, 0.5) is 5.69 Å². The van der Waals surface area contributed by atoms with E-state index in [1.54, 1.807) is 12.4 Å². The molecule has 0 aliphatic heterocycles. The fraction of sp³-hybridized carbons (Fsp3) is 0.312. The zero-order valence-electron chi connectivity index (χ0n) is 11.9. The minimum atomic E-state index is 0.610. The molecule has 2 rings (SSSR count). The number of aromatic nitrogens is 1. The molecule has 0 fully saturated rings. The maximum atomic E-state index is 5.95. The smallest absolute Gasteiger partial charge is 0.161 e. The van der Waals surface area contributed by atoms with Crippen LogP contribution in [0.2, 0.25) is 0 Å². The summed E-state index contributed by atoms with van der Waals surface area (Å²) in [7, 11) is 0. The number of nitrogens with two attached hydrogens (primary N) is 1. The average molecular weight is 272 g/mol. The molecule has 106 valence electrons. The van der Waals surface area contributed by atoms with Gasteiger partial charge in [0.05, 0.1) is 13.2 Å². The Morgan fingerprint density at radius 3 is 2.50 bits per heavy atom. The highest BCUT2D eigenvalue weighted by atomic mass is 16.5. The number of anilines is 1. The summed E-state index contributed by atoms with van der Waals surface area (Å²) in [5, 5.41) is 0. The van der Waals surface area contributed by atoms with Crippen LogP contribution in [0.15, 0.2) is 36.7 Å². The lowest BCUT2D eigenvalue weighted by Crippen LogP contribution is -2.00. The van der Waals surface area contributed by atoms with E-state index in [2.05, 4.69) is 4.98 Å². The van der Waals surface area contributed by atoms with Crippen LogP contribution in [0.3, 0.4) is 0 Å². The number of rotatable bonds is 6. The molecule has 0 radical (unpaired) electrons. The molecule has 0 saturated carbocycles. The van der Waals surface area contributed by atoms with Crippen molar-refractivity contribution in [3.63, 3.8) is 0 Å². The van der Waals surface area contributed by atoms with Crippen molar-refractivity contribution in [2.75, 3.05) is 18.9 Å². The lowest BCUT2D eigenvalue weighted by molar-refractivity contribution is 0.287. The van der Waals surface area contributed by atoms with Crippen molar-refractivity contribution in [1.29, 1.82) is 0 Å². The van der Waals surface area contributed by atoms with E-state index >= 15 is 0 Å². The molecule has 4 nitrogen and oxygen atoms in total. The molecule has 0 amide bonds. The molecule has 0 unspecified atom stereocenters. The van der Waals surface area contributed by atoms with Crippen LogP contribution in [0.1, 0.15) is 25.0 Å². The van der Waals surface area contributed by atoms with E-state index in [0.29, 0.717) is 13.2 Å². The van der Waals surface area contributed by atoms with Crippen LogP contribution >= 0.6 is 0 Å². The molecule has 20 heavy (non-hydrogen) atoms. The van der Waals surface area contributed by atoms with Gasteiger partial charge in [-0.1, -0.05) is 6.07 Å². The van der Waals surface area contributed by atoms with Crippen LogP contribution in [0, 0.1) is 0 Å². The van der Waals surface area contributed by atoms with Crippen LogP contribution in [0.5, 0.6) is 11.5 Å². The van der Waals surface area contributed by atoms with E-state index < -0.39 is 0 Å². The Kier molecular flexibility index (Phi) is 4.82. The van der Waals surface area contributed by atoms with Crippen LogP contribution in [0.25, 0.3) is 0 Å². The maximum absolute atomic E-state index is 5.95. The predicted octanol–water partition coefficient (Wildman–Crippen LogP) is 3.05. The van der Waals surface area contributed by atoms with Gasteiger partial charge in [-0.2, -0.15) is 0 Å². The molecule has 2 aromatic rings. The lowest BCUT2D eigenvalue weighted by Gasteiger charge is -2.13. The van der Waals surface area contributed by atoms with Gasteiger partial charge in [-0.05, 0) is 43.2 Å². The van der Waals surface area contributed by atoms with Gasteiger partial charge in [0.1, 0.15) is 0 Å². The number of pyridine rings is 1. The molecule has 0 atom stereocenters. The Hall–Kier alpha value is -2.23. The Labute approximate surface area is 119 Å². The summed E-state index contributed by atoms with van der Waals surface area (Å²) in [6.07, 6.45) is 4.22. The first kappa shape index (κ1) is 14.2. The van der Waals surface area contributed by atoms with Gasteiger partial charge in [-0.3, -0.25) is 4.98 Å². The first-order valence-corrected chi connectivity index (χ1v) is 6.81. The van der Waals surface area contributed by atoms with Gasteiger partial charge >= 0.3 is 0 Å². The van der Waals surface area contributed by atoms with Crippen molar-refractivity contribution in [3.8, 4) is 11.5 Å². The third-order valence-electron chi connectivity index (χ3n) is 2.94. The van der Waals surface area contributed by atoms with E-state index in [1.165, 1.54) is 0 Å². The predicted molar refractivity (Wildman–Crippen MR) is 80.2 cm³/mol. The minimum absolute atomic E-state index is 0.610. The molecule has 2 N–H and O–H groups in total.